The van der Waals surface area contributed by atoms with Crippen LogP contribution in [0.5, 0.6) is 6.01 Å². The van der Waals surface area contributed by atoms with Gasteiger partial charge in [-0.25, -0.2) is 8.78 Å². The third-order valence-corrected chi connectivity index (χ3v) is 9.18. The van der Waals surface area contributed by atoms with Gasteiger partial charge in [-0.3, -0.25) is 9.69 Å². The summed E-state index contributed by atoms with van der Waals surface area (Å²) in [6.45, 7) is 7.08. The van der Waals surface area contributed by atoms with Gasteiger partial charge in [-0.2, -0.15) is 9.97 Å². The minimum absolute atomic E-state index is 0.162. The van der Waals surface area contributed by atoms with Crippen LogP contribution in [0.25, 0.3) is 0 Å². The molecule has 2 fully saturated rings. The third kappa shape index (κ3) is 4.57. The molecule has 2 aromatic rings. The highest BCUT2D eigenvalue weighted by molar-refractivity contribution is 5.90. The number of anilines is 1. The zero-order chi connectivity index (χ0) is 27.3. The van der Waals surface area contributed by atoms with Gasteiger partial charge in [0.15, 0.2) is 5.83 Å². The van der Waals surface area contributed by atoms with Gasteiger partial charge in [0.1, 0.15) is 18.2 Å². The van der Waals surface area contributed by atoms with Gasteiger partial charge in [0.25, 0.3) is 5.91 Å². The second-order valence-electron chi connectivity index (χ2n) is 11.4. The van der Waals surface area contributed by atoms with Crippen LogP contribution in [0, 0.1) is 5.82 Å². The lowest BCUT2D eigenvalue weighted by Crippen LogP contribution is -2.51. The SMILES string of the molecule is C=C(F)C(=O)N1CCN(c2nc(OC[C@@H]3CCCN3C)nc3c2CN(C)[C@@]2(CCc4cccc(F)c42)C3)CC1. The molecule has 2 atom stereocenters. The fourth-order valence-electron chi connectivity index (χ4n) is 6.91. The third-order valence-electron chi connectivity index (χ3n) is 9.18. The smallest absolute Gasteiger partial charge is 0.318 e. The summed E-state index contributed by atoms with van der Waals surface area (Å²) < 4.78 is 34.9. The number of hydrogen-bond acceptors (Lipinski definition) is 7. The van der Waals surface area contributed by atoms with Crippen LogP contribution < -0.4 is 9.64 Å². The van der Waals surface area contributed by atoms with Crippen LogP contribution in [0.1, 0.15) is 41.6 Å². The average Bonchev–Trinajstić information content (AvgIpc) is 3.52. The standard InChI is InChI=1S/C29H36F2N6O2/c1-19(30)27(38)37-14-12-36(13-15-37)26-22-17-35(3)29(10-9-20-6-4-8-23(31)25(20)29)16-24(22)32-28(33-26)39-18-21-7-5-11-34(21)2/h4,6,8,21H,1,5,7,9-18H2,2-3H3/t21-,29-/m0/s1. The predicted octanol–water partition coefficient (Wildman–Crippen LogP) is 3.05. The van der Waals surface area contributed by atoms with Gasteiger partial charge in [0, 0.05) is 56.3 Å². The fourth-order valence-corrected chi connectivity index (χ4v) is 6.91. The molecule has 1 aromatic carbocycles. The molecule has 3 aliphatic heterocycles. The number of carbonyl (C=O) groups is 1. The molecule has 4 heterocycles. The Morgan fingerprint density at radius 1 is 1.18 bits per heavy atom. The van der Waals surface area contributed by atoms with Crippen molar-refractivity contribution in [2.24, 2.45) is 0 Å². The molecule has 1 aliphatic carbocycles. The van der Waals surface area contributed by atoms with Crippen LogP contribution in [0.4, 0.5) is 14.6 Å². The average molecular weight is 539 g/mol. The van der Waals surface area contributed by atoms with E-state index in [2.05, 4.69) is 35.4 Å². The lowest BCUT2D eigenvalue weighted by molar-refractivity contribution is -0.128. The molecule has 4 aliphatic rings. The summed E-state index contributed by atoms with van der Waals surface area (Å²) in [5.74, 6) is -0.973. The maximum absolute atomic E-state index is 15.2. The summed E-state index contributed by atoms with van der Waals surface area (Å²) in [6.07, 6.45) is 4.46. The first kappa shape index (κ1) is 26.1. The molecular formula is C29H36F2N6O2. The van der Waals surface area contributed by atoms with Gasteiger partial charge in [-0.15, -0.1) is 0 Å². The summed E-state index contributed by atoms with van der Waals surface area (Å²) >= 11 is 0. The molecule has 0 unspecified atom stereocenters. The van der Waals surface area contributed by atoms with Gasteiger partial charge in [0.05, 0.1) is 11.2 Å². The molecule has 0 bridgehead atoms. The molecular weight excluding hydrogens is 502 g/mol. The molecule has 0 N–H and O–H groups in total. The molecule has 208 valence electrons. The molecule has 0 radical (unpaired) electrons. The molecule has 39 heavy (non-hydrogen) atoms. The summed E-state index contributed by atoms with van der Waals surface area (Å²) in [5, 5.41) is 0. The zero-order valence-electron chi connectivity index (χ0n) is 22.8. The number of carbonyl (C=O) groups excluding carboxylic acids is 1. The van der Waals surface area contributed by atoms with Crippen molar-refractivity contribution in [3.8, 4) is 6.01 Å². The summed E-state index contributed by atoms with van der Waals surface area (Å²) in [6, 6.07) is 6.04. The van der Waals surface area contributed by atoms with E-state index in [0.717, 1.165) is 60.4 Å². The van der Waals surface area contributed by atoms with Gasteiger partial charge >= 0.3 is 6.01 Å². The highest BCUT2D eigenvalue weighted by atomic mass is 19.1. The van der Waals surface area contributed by atoms with Crippen molar-refractivity contribution in [3.63, 3.8) is 0 Å². The first-order valence-electron chi connectivity index (χ1n) is 13.9. The van der Waals surface area contributed by atoms with Crippen molar-refractivity contribution in [2.45, 2.75) is 50.2 Å². The van der Waals surface area contributed by atoms with Crippen LogP contribution in [0.2, 0.25) is 0 Å². The number of aryl methyl sites for hydroxylation is 1. The van der Waals surface area contributed by atoms with E-state index < -0.39 is 17.3 Å². The fraction of sp³-hybridized carbons (Fsp3) is 0.552. The summed E-state index contributed by atoms with van der Waals surface area (Å²) in [7, 11) is 4.16. The van der Waals surface area contributed by atoms with Gasteiger partial charge in [0.2, 0.25) is 0 Å². The minimum atomic E-state index is -0.938. The van der Waals surface area contributed by atoms with Crippen LogP contribution in [0.15, 0.2) is 30.6 Å². The molecule has 0 saturated carbocycles. The van der Waals surface area contributed by atoms with E-state index in [1.807, 2.05) is 6.07 Å². The Morgan fingerprint density at radius 2 is 1.97 bits per heavy atom. The maximum Gasteiger partial charge on any atom is 0.318 e. The summed E-state index contributed by atoms with van der Waals surface area (Å²) in [4.78, 5) is 30.1. The Balaban J connectivity index is 1.33. The van der Waals surface area contributed by atoms with Crippen LogP contribution in [-0.2, 0) is 29.7 Å². The minimum Gasteiger partial charge on any atom is -0.462 e. The molecule has 1 spiro atoms. The topological polar surface area (TPSA) is 65.0 Å². The Bertz CT molecular complexity index is 1300. The number of likely N-dealkylation sites (tertiary alicyclic amines) is 1. The number of likely N-dealkylation sites (N-methyl/N-ethyl adjacent to an activating group) is 2. The maximum atomic E-state index is 15.2. The number of aromatic nitrogens is 2. The molecule has 1 amide bonds. The number of piperazine rings is 1. The second-order valence-corrected chi connectivity index (χ2v) is 11.4. The normalized spacial score (nSPS) is 25.2. The number of hydrogen-bond donors (Lipinski definition) is 0. The van der Waals surface area contributed by atoms with E-state index in [1.54, 1.807) is 12.1 Å². The van der Waals surface area contributed by atoms with Crippen molar-refractivity contribution < 1.29 is 18.3 Å². The Hall–Kier alpha value is -3.11. The Kier molecular flexibility index (Phi) is 6.79. The highest BCUT2D eigenvalue weighted by Gasteiger charge is 2.48. The Morgan fingerprint density at radius 3 is 2.69 bits per heavy atom. The lowest BCUT2D eigenvalue weighted by Gasteiger charge is -2.45. The van der Waals surface area contributed by atoms with Gasteiger partial charge in [-0.05, 0) is 58.0 Å². The van der Waals surface area contributed by atoms with Crippen molar-refractivity contribution >= 4 is 11.7 Å². The van der Waals surface area contributed by atoms with Crippen molar-refractivity contribution in [1.82, 2.24) is 24.7 Å². The molecule has 8 nitrogen and oxygen atoms in total. The molecule has 2 saturated heterocycles. The van der Waals surface area contributed by atoms with Gasteiger partial charge in [-0.1, -0.05) is 18.7 Å². The van der Waals surface area contributed by atoms with Crippen molar-refractivity contribution in [1.29, 1.82) is 0 Å². The number of ether oxygens (including phenoxy) is 1. The molecule has 1 aromatic heterocycles. The summed E-state index contributed by atoms with van der Waals surface area (Å²) in [5.41, 5.74) is 3.28. The van der Waals surface area contributed by atoms with E-state index >= 15 is 4.39 Å². The quantitative estimate of drug-likeness (QED) is 0.543. The van der Waals surface area contributed by atoms with Crippen molar-refractivity contribution in [3.05, 3.63) is 58.8 Å². The van der Waals surface area contributed by atoms with Crippen LogP contribution in [-0.4, -0.2) is 90.0 Å². The highest BCUT2D eigenvalue weighted by Crippen LogP contribution is 2.49. The van der Waals surface area contributed by atoms with Crippen LogP contribution in [0.3, 0.4) is 0 Å². The first-order valence-corrected chi connectivity index (χ1v) is 13.9. The van der Waals surface area contributed by atoms with Gasteiger partial charge < -0.3 is 19.4 Å². The van der Waals surface area contributed by atoms with E-state index in [9.17, 15) is 9.18 Å². The van der Waals surface area contributed by atoms with E-state index in [1.165, 1.54) is 4.90 Å². The van der Waals surface area contributed by atoms with Crippen molar-refractivity contribution in [2.75, 3.05) is 58.3 Å². The lowest BCUT2D eigenvalue weighted by atomic mass is 9.80. The van der Waals surface area contributed by atoms with Crippen LogP contribution >= 0.6 is 0 Å². The number of fused-ring (bicyclic) bond motifs is 3. The number of benzene rings is 1. The largest absolute Gasteiger partial charge is 0.462 e. The predicted molar refractivity (Wildman–Crippen MR) is 144 cm³/mol. The van der Waals surface area contributed by atoms with E-state index in [4.69, 9.17) is 14.7 Å². The molecule has 10 heteroatoms. The second kappa shape index (κ2) is 10.1. The Labute approximate surface area is 228 Å². The number of amides is 1. The first-order chi connectivity index (χ1) is 18.8. The number of nitrogens with zero attached hydrogens (tertiary/aromatic N) is 6. The van der Waals surface area contributed by atoms with E-state index in [-0.39, 0.29) is 5.82 Å². The van der Waals surface area contributed by atoms with E-state index in [0.29, 0.717) is 57.8 Å². The monoisotopic (exact) mass is 538 g/mol. The molecule has 6 rings (SSSR count). The number of halogens is 2. The zero-order valence-corrected chi connectivity index (χ0v) is 22.8. The number of rotatable bonds is 5.